The summed E-state index contributed by atoms with van der Waals surface area (Å²) in [5, 5.41) is 7.68. The van der Waals surface area contributed by atoms with E-state index in [0.29, 0.717) is 30.7 Å². The van der Waals surface area contributed by atoms with Crippen molar-refractivity contribution in [1.82, 2.24) is 25.1 Å². The molecule has 0 bridgehead atoms. The largest absolute Gasteiger partial charge is 0.472 e. The SMILES string of the molecule is COc1ncc(-c2ccc3c(c2)C[C@@H](NC(=O)c2cc4n(n2)CC(CCOCC2CC2)O4)CC3)cn1. The summed E-state index contributed by atoms with van der Waals surface area (Å²) in [5.41, 5.74) is 4.95. The van der Waals surface area contributed by atoms with Crippen LogP contribution in [0.2, 0.25) is 0 Å². The predicted octanol–water partition coefficient (Wildman–Crippen LogP) is 3.21. The van der Waals surface area contributed by atoms with Crippen LogP contribution in [0, 0.1) is 5.92 Å². The van der Waals surface area contributed by atoms with Crippen LogP contribution >= 0.6 is 0 Å². The molecule has 0 radical (unpaired) electrons. The second-order valence-corrected chi connectivity index (χ2v) is 9.95. The Balaban J connectivity index is 1.04. The monoisotopic (exact) mass is 489 g/mol. The van der Waals surface area contributed by atoms with Crippen molar-refractivity contribution < 1.29 is 19.0 Å². The number of fused-ring (bicyclic) bond motifs is 2. The van der Waals surface area contributed by atoms with Crippen LogP contribution in [0.1, 0.15) is 47.3 Å². The molecule has 0 saturated heterocycles. The number of amides is 1. The van der Waals surface area contributed by atoms with Crippen molar-refractivity contribution in [2.45, 2.75) is 57.2 Å². The molecule has 6 rings (SSSR count). The zero-order valence-electron chi connectivity index (χ0n) is 20.5. The Morgan fingerprint density at radius 1 is 1.14 bits per heavy atom. The van der Waals surface area contributed by atoms with Crippen LogP contribution in [0.15, 0.2) is 36.7 Å². The van der Waals surface area contributed by atoms with E-state index < -0.39 is 0 Å². The minimum Gasteiger partial charge on any atom is -0.472 e. The first kappa shape index (κ1) is 23.0. The maximum Gasteiger partial charge on any atom is 0.316 e. The van der Waals surface area contributed by atoms with Crippen molar-refractivity contribution in [3.8, 4) is 23.0 Å². The summed E-state index contributed by atoms with van der Waals surface area (Å²) in [7, 11) is 1.55. The molecule has 1 fully saturated rings. The molecule has 9 nitrogen and oxygen atoms in total. The van der Waals surface area contributed by atoms with E-state index >= 15 is 0 Å². The van der Waals surface area contributed by atoms with E-state index in [4.69, 9.17) is 14.2 Å². The van der Waals surface area contributed by atoms with Crippen LogP contribution in [-0.4, -0.2) is 58.1 Å². The summed E-state index contributed by atoms with van der Waals surface area (Å²) >= 11 is 0. The Hall–Kier alpha value is -3.46. The number of rotatable bonds is 9. The fourth-order valence-corrected chi connectivity index (χ4v) is 4.93. The van der Waals surface area contributed by atoms with Crippen LogP contribution in [0.3, 0.4) is 0 Å². The van der Waals surface area contributed by atoms with Crippen LogP contribution in [-0.2, 0) is 24.1 Å². The van der Waals surface area contributed by atoms with E-state index in [1.54, 1.807) is 30.3 Å². The normalized spacial score (nSPS) is 20.4. The van der Waals surface area contributed by atoms with Gasteiger partial charge in [0.15, 0.2) is 5.69 Å². The Labute approximate surface area is 210 Å². The lowest BCUT2D eigenvalue weighted by molar-refractivity contribution is 0.0902. The molecule has 9 heteroatoms. The van der Waals surface area contributed by atoms with Crippen molar-refractivity contribution in [3.05, 3.63) is 53.5 Å². The molecule has 188 valence electrons. The molecule has 1 aliphatic heterocycles. The molecular formula is C27H31N5O4. The standard InChI is InChI=1S/C27H31N5O4/c1-34-27-28-13-21(14-29-27)19-5-4-18-6-7-22(11-20(18)10-19)30-26(33)24-12-25-32(31-24)15-23(36-25)8-9-35-16-17-2-3-17/h4-5,10,12-14,17,22-23H,2-3,6-9,11,15-16H2,1H3,(H,30,33)/t22-,23?/m0/s1. The van der Waals surface area contributed by atoms with E-state index in [1.165, 1.54) is 24.0 Å². The quantitative estimate of drug-likeness (QED) is 0.461. The highest BCUT2D eigenvalue weighted by Crippen LogP contribution is 2.30. The summed E-state index contributed by atoms with van der Waals surface area (Å²) in [6, 6.07) is 8.59. The van der Waals surface area contributed by atoms with Gasteiger partial charge in [0.1, 0.15) is 6.10 Å². The molecule has 1 aromatic carbocycles. The first-order valence-electron chi connectivity index (χ1n) is 12.8. The van der Waals surface area contributed by atoms with E-state index in [0.717, 1.165) is 49.3 Å². The number of nitrogens with one attached hydrogen (secondary N) is 1. The zero-order chi connectivity index (χ0) is 24.5. The molecule has 1 amide bonds. The lowest BCUT2D eigenvalue weighted by atomic mass is 9.86. The first-order chi connectivity index (χ1) is 17.6. The maximum absolute atomic E-state index is 13.0. The summed E-state index contributed by atoms with van der Waals surface area (Å²) in [6.07, 6.45) is 9.63. The van der Waals surface area contributed by atoms with Crippen molar-refractivity contribution in [3.63, 3.8) is 0 Å². The van der Waals surface area contributed by atoms with E-state index in [1.807, 2.05) is 0 Å². The number of nitrogens with zero attached hydrogens (tertiary/aromatic N) is 4. The highest BCUT2D eigenvalue weighted by atomic mass is 16.5. The average molecular weight is 490 g/mol. The number of hydrogen-bond donors (Lipinski definition) is 1. The number of ether oxygens (including phenoxy) is 3. The molecule has 36 heavy (non-hydrogen) atoms. The van der Waals surface area contributed by atoms with Crippen LogP contribution in [0.25, 0.3) is 11.1 Å². The Morgan fingerprint density at radius 2 is 2.00 bits per heavy atom. The molecule has 1 N–H and O–H groups in total. The predicted molar refractivity (Wildman–Crippen MR) is 132 cm³/mol. The van der Waals surface area contributed by atoms with Crippen LogP contribution < -0.4 is 14.8 Å². The van der Waals surface area contributed by atoms with Gasteiger partial charge in [0, 0.05) is 43.1 Å². The Kier molecular flexibility index (Phi) is 6.31. The van der Waals surface area contributed by atoms with Crippen molar-refractivity contribution in [1.29, 1.82) is 0 Å². The molecule has 1 unspecified atom stereocenters. The summed E-state index contributed by atoms with van der Waals surface area (Å²) in [6.45, 7) is 2.23. The number of carbonyl (C=O) groups excluding carboxylic acids is 1. The van der Waals surface area contributed by atoms with Crippen molar-refractivity contribution in [2.24, 2.45) is 5.92 Å². The second kappa shape index (κ2) is 9.89. The van der Waals surface area contributed by atoms with Gasteiger partial charge in [-0.15, -0.1) is 0 Å². The fraction of sp³-hybridized carbons (Fsp3) is 0.481. The molecule has 3 aromatic rings. The van der Waals surface area contributed by atoms with Gasteiger partial charge < -0.3 is 19.5 Å². The lowest BCUT2D eigenvalue weighted by Crippen LogP contribution is -2.39. The average Bonchev–Trinajstić information content (AvgIpc) is 3.52. The highest BCUT2D eigenvalue weighted by Gasteiger charge is 2.28. The molecule has 2 atom stereocenters. The Morgan fingerprint density at radius 3 is 2.78 bits per heavy atom. The first-order valence-corrected chi connectivity index (χ1v) is 12.8. The highest BCUT2D eigenvalue weighted by molar-refractivity contribution is 5.92. The van der Waals surface area contributed by atoms with Gasteiger partial charge in [0.25, 0.3) is 5.91 Å². The van der Waals surface area contributed by atoms with Gasteiger partial charge in [-0.25, -0.2) is 14.6 Å². The molecule has 3 aliphatic rings. The van der Waals surface area contributed by atoms with Gasteiger partial charge >= 0.3 is 6.01 Å². The molecule has 3 heterocycles. The van der Waals surface area contributed by atoms with Gasteiger partial charge in [-0.3, -0.25) is 4.79 Å². The number of methoxy groups -OCH3 is 1. The van der Waals surface area contributed by atoms with Gasteiger partial charge in [0.2, 0.25) is 5.88 Å². The fourth-order valence-electron chi connectivity index (χ4n) is 4.93. The van der Waals surface area contributed by atoms with Gasteiger partial charge in [-0.05, 0) is 54.7 Å². The van der Waals surface area contributed by atoms with E-state index in [2.05, 4.69) is 38.6 Å². The third kappa shape index (κ3) is 5.06. The zero-order valence-corrected chi connectivity index (χ0v) is 20.5. The number of aromatic nitrogens is 4. The summed E-state index contributed by atoms with van der Waals surface area (Å²) < 4.78 is 18.6. The third-order valence-corrected chi connectivity index (χ3v) is 7.19. The van der Waals surface area contributed by atoms with Gasteiger partial charge in [0.05, 0.1) is 20.3 Å². The number of hydrogen-bond acceptors (Lipinski definition) is 7. The second-order valence-electron chi connectivity index (χ2n) is 9.95. The van der Waals surface area contributed by atoms with Crippen molar-refractivity contribution >= 4 is 5.91 Å². The smallest absolute Gasteiger partial charge is 0.316 e. The lowest BCUT2D eigenvalue weighted by Gasteiger charge is -2.26. The third-order valence-electron chi connectivity index (χ3n) is 7.19. The minimum absolute atomic E-state index is 0.0567. The molecule has 0 spiro atoms. The van der Waals surface area contributed by atoms with Gasteiger partial charge in [-0.2, -0.15) is 5.10 Å². The summed E-state index contributed by atoms with van der Waals surface area (Å²) in [4.78, 5) is 21.4. The minimum atomic E-state index is -0.155. The molecule has 2 aliphatic carbocycles. The topological polar surface area (TPSA) is 100 Å². The summed E-state index contributed by atoms with van der Waals surface area (Å²) in [5.74, 6) is 1.28. The molecular weight excluding hydrogens is 458 g/mol. The maximum atomic E-state index is 13.0. The van der Waals surface area contributed by atoms with Crippen LogP contribution in [0.4, 0.5) is 0 Å². The Bertz CT molecular complexity index is 1210. The number of aryl methyl sites for hydroxylation is 1. The van der Waals surface area contributed by atoms with Crippen LogP contribution in [0.5, 0.6) is 11.9 Å². The van der Waals surface area contributed by atoms with Gasteiger partial charge in [-0.1, -0.05) is 18.2 Å². The number of benzene rings is 1. The molecule has 1 saturated carbocycles. The van der Waals surface area contributed by atoms with E-state index in [9.17, 15) is 4.79 Å². The number of carbonyl (C=O) groups is 1. The van der Waals surface area contributed by atoms with E-state index in [-0.39, 0.29) is 18.1 Å². The molecule has 2 aromatic heterocycles. The van der Waals surface area contributed by atoms with Crippen molar-refractivity contribution in [2.75, 3.05) is 20.3 Å².